The van der Waals surface area contributed by atoms with Gasteiger partial charge in [-0.25, -0.2) is 9.59 Å². The van der Waals surface area contributed by atoms with Crippen molar-refractivity contribution in [1.82, 2.24) is 0 Å². The van der Waals surface area contributed by atoms with Crippen LogP contribution in [0.4, 0.5) is 11.4 Å². The second-order valence-electron chi connectivity index (χ2n) is 10.0. The molecule has 0 amide bonds. The SMILES string of the molecule is CCN(CC)c1ccc2cc(-c3ccc(-c4ccc(-c5cc6ccc(N(CC)CC)cc6oc5=O)s4)s3)c(=O)oc2c1. The summed E-state index contributed by atoms with van der Waals surface area (Å²) in [6.07, 6.45) is 0. The van der Waals surface area contributed by atoms with Gasteiger partial charge in [-0.2, -0.15) is 0 Å². The fourth-order valence-corrected chi connectivity index (χ4v) is 7.45. The quantitative estimate of drug-likeness (QED) is 0.156. The van der Waals surface area contributed by atoms with Crippen molar-refractivity contribution in [3.63, 3.8) is 0 Å². The smallest absolute Gasteiger partial charge is 0.345 e. The lowest BCUT2D eigenvalue weighted by atomic mass is 10.1. The second kappa shape index (κ2) is 11.6. The van der Waals surface area contributed by atoms with E-state index in [1.54, 1.807) is 0 Å². The van der Waals surface area contributed by atoms with E-state index in [4.69, 9.17) is 8.83 Å². The maximum atomic E-state index is 13.0. The van der Waals surface area contributed by atoms with Crippen LogP contribution in [0.15, 0.2) is 91.2 Å². The van der Waals surface area contributed by atoms with E-state index in [9.17, 15) is 9.59 Å². The third-order valence-corrected chi connectivity index (χ3v) is 10.1. The van der Waals surface area contributed by atoms with Gasteiger partial charge < -0.3 is 18.6 Å². The van der Waals surface area contributed by atoms with E-state index in [0.29, 0.717) is 22.3 Å². The van der Waals surface area contributed by atoms with Crippen molar-refractivity contribution < 1.29 is 8.83 Å². The van der Waals surface area contributed by atoms with Crippen LogP contribution in [-0.2, 0) is 0 Å². The largest absolute Gasteiger partial charge is 0.422 e. The standard InChI is InChI=1S/C34H32N2O4S2/c1-5-35(6-2)23-11-9-21-17-25(33(37)39-27(21)19-23)29-13-15-31(41-29)32-16-14-30(42-32)26-18-22-10-12-24(36(7-3)8-4)20-28(22)40-34(26)38/h9-20H,5-8H2,1-4H3. The molecule has 0 aliphatic heterocycles. The number of rotatable bonds is 9. The zero-order valence-electron chi connectivity index (χ0n) is 24.1. The lowest BCUT2D eigenvalue weighted by Crippen LogP contribution is -2.21. The maximum absolute atomic E-state index is 13.0. The van der Waals surface area contributed by atoms with Crippen LogP contribution in [0.1, 0.15) is 27.7 Å². The van der Waals surface area contributed by atoms with Gasteiger partial charge in [0.2, 0.25) is 0 Å². The highest BCUT2D eigenvalue weighted by Gasteiger charge is 2.16. The van der Waals surface area contributed by atoms with E-state index in [2.05, 4.69) is 49.6 Å². The molecule has 4 heterocycles. The Kier molecular flexibility index (Phi) is 7.75. The molecule has 6 nitrogen and oxygen atoms in total. The molecule has 0 N–H and O–H groups in total. The Bertz CT molecular complexity index is 1860. The number of benzene rings is 2. The van der Waals surface area contributed by atoms with Gasteiger partial charge in [0.05, 0.1) is 11.1 Å². The van der Waals surface area contributed by atoms with Crippen LogP contribution >= 0.6 is 22.7 Å². The first-order chi connectivity index (χ1) is 20.4. The highest BCUT2D eigenvalue weighted by Crippen LogP contribution is 2.40. The van der Waals surface area contributed by atoms with Gasteiger partial charge in [-0.3, -0.25) is 0 Å². The Hall–Kier alpha value is -4.14. The molecule has 0 saturated heterocycles. The average molecular weight is 597 g/mol. The van der Waals surface area contributed by atoms with Gasteiger partial charge in [-0.1, -0.05) is 0 Å². The Morgan fingerprint density at radius 2 is 0.905 bits per heavy atom. The Morgan fingerprint density at radius 1 is 0.524 bits per heavy atom. The van der Waals surface area contributed by atoms with Crippen molar-refractivity contribution in [3.8, 4) is 30.6 Å². The van der Waals surface area contributed by atoms with Crippen LogP contribution in [0.25, 0.3) is 52.6 Å². The summed E-state index contributed by atoms with van der Waals surface area (Å²) in [5.74, 6) is 0. The molecule has 0 fully saturated rings. The van der Waals surface area contributed by atoms with E-state index in [0.717, 1.165) is 67.8 Å². The third-order valence-electron chi connectivity index (χ3n) is 7.68. The molecular formula is C34H32N2O4S2. The van der Waals surface area contributed by atoms with Crippen molar-refractivity contribution in [2.24, 2.45) is 0 Å². The van der Waals surface area contributed by atoms with Crippen molar-refractivity contribution in [2.45, 2.75) is 27.7 Å². The fraction of sp³-hybridized carbons (Fsp3) is 0.235. The predicted molar refractivity (Wildman–Crippen MR) is 178 cm³/mol. The number of hydrogen-bond donors (Lipinski definition) is 0. The molecule has 0 spiro atoms. The van der Waals surface area contributed by atoms with Gasteiger partial charge >= 0.3 is 11.3 Å². The van der Waals surface area contributed by atoms with Crippen LogP contribution in [0.2, 0.25) is 0 Å². The van der Waals surface area contributed by atoms with Crippen LogP contribution in [0.3, 0.4) is 0 Å². The van der Waals surface area contributed by atoms with Gasteiger partial charge in [0.1, 0.15) is 11.2 Å². The van der Waals surface area contributed by atoms with E-state index in [1.165, 1.54) is 22.7 Å². The van der Waals surface area contributed by atoms with Gasteiger partial charge in [-0.05, 0) is 88.4 Å². The Morgan fingerprint density at radius 3 is 1.29 bits per heavy atom. The van der Waals surface area contributed by atoms with Gasteiger partial charge in [-0.15, -0.1) is 22.7 Å². The average Bonchev–Trinajstić information content (AvgIpc) is 3.68. The first-order valence-corrected chi connectivity index (χ1v) is 15.9. The summed E-state index contributed by atoms with van der Waals surface area (Å²) >= 11 is 3.07. The zero-order valence-corrected chi connectivity index (χ0v) is 25.7. The molecule has 8 heteroatoms. The Labute approximate surface area is 252 Å². The summed E-state index contributed by atoms with van der Waals surface area (Å²) in [7, 11) is 0. The molecule has 6 aromatic rings. The van der Waals surface area contributed by atoms with Crippen LogP contribution in [-0.4, -0.2) is 26.2 Å². The first-order valence-electron chi connectivity index (χ1n) is 14.3. The first kappa shape index (κ1) is 28.0. The molecule has 0 atom stereocenters. The van der Waals surface area contributed by atoms with Gasteiger partial charge in [0, 0.05) is 80.0 Å². The number of thiophene rings is 2. The summed E-state index contributed by atoms with van der Waals surface area (Å²) in [5, 5.41) is 1.78. The van der Waals surface area contributed by atoms with Crippen molar-refractivity contribution in [3.05, 3.63) is 93.6 Å². The highest BCUT2D eigenvalue weighted by molar-refractivity contribution is 7.25. The monoisotopic (exact) mass is 596 g/mol. The van der Waals surface area contributed by atoms with Crippen LogP contribution in [0.5, 0.6) is 0 Å². The molecule has 6 rings (SSSR count). The molecular weight excluding hydrogens is 565 g/mol. The number of nitrogens with zero attached hydrogens (tertiary/aromatic N) is 2. The lowest BCUT2D eigenvalue weighted by molar-refractivity contribution is 0.563. The molecule has 2 aromatic carbocycles. The van der Waals surface area contributed by atoms with E-state index < -0.39 is 0 Å². The summed E-state index contributed by atoms with van der Waals surface area (Å²) < 4.78 is 11.5. The number of hydrogen-bond acceptors (Lipinski definition) is 8. The third kappa shape index (κ3) is 5.16. The molecule has 214 valence electrons. The molecule has 0 aliphatic carbocycles. The second-order valence-corrected chi connectivity index (χ2v) is 12.2. The minimum absolute atomic E-state index is 0.350. The van der Waals surface area contributed by atoms with Crippen molar-refractivity contribution >= 4 is 56.0 Å². The fourth-order valence-electron chi connectivity index (χ4n) is 5.34. The molecule has 0 saturated carbocycles. The predicted octanol–water partition coefficient (Wildman–Crippen LogP) is 8.72. The van der Waals surface area contributed by atoms with Gasteiger partial charge in [0.25, 0.3) is 0 Å². The van der Waals surface area contributed by atoms with Gasteiger partial charge in [0.15, 0.2) is 0 Å². The number of anilines is 2. The zero-order chi connectivity index (χ0) is 29.4. The highest BCUT2D eigenvalue weighted by atomic mass is 32.1. The topological polar surface area (TPSA) is 66.9 Å². The van der Waals surface area contributed by atoms with Crippen LogP contribution < -0.4 is 21.1 Å². The van der Waals surface area contributed by atoms with Crippen molar-refractivity contribution in [2.75, 3.05) is 36.0 Å². The van der Waals surface area contributed by atoms with Crippen molar-refractivity contribution in [1.29, 1.82) is 0 Å². The minimum Gasteiger partial charge on any atom is -0.422 e. The Balaban J connectivity index is 1.29. The molecule has 0 aliphatic rings. The molecule has 4 aromatic heterocycles. The molecule has 0 unspecified atom stereocenters. The summed E-state index contributed by atoms with van der Waals surface area (Å²) in [4.78, 5) is 34.2. The number of fused-ring (bicyclic) bond motifs is 2. The maximum Gasteiger partial charge on any atom is 0.345 e. The van der Waals surface area contributed by atoms with E-state index >= 15 is 0 Å². The minimum atomic E-state index is -0.350. The summed E-state index contributed by atoms with van der Waals surface area (Å²) in [6, 6.07) is 23.8. The molecule has 0 bridgehead atoms. The van der Waals surface area contributed by atoms with Crippen LogP contribution in [0, 0.1) is 0 Å². The lowest BCUT2D eigenvalue weighted by Gasteiger charge is -2.21. The van der Waals surface area contributed by atoms with E-state index in [1.807, 2.05) is 60.7 Å². The summed E-state index contributed by atoms with van der Waals surface area (Å²) in [6.45, 7) is 12.0. The van der Waals surface area contributed by atoms with E-state index in [-0.39, 0.29) is 11.3 Å². The summed E-state index contributed by atoms with van der Waals surface area (Å²) in [5.41, 5.74) is 3.66. The normalized spacial score (nSPS) is 11.4. The molecule has 0 radical (unpaired) electrons. The molecule has 42 heavy (non-hydrogen) atoms.